The first-order valence-electron chi connectivity index (χ1n) is 5.64. The first-order valence-corrected chi connectivity index (χ1v) is 5.64. The number of hydrogen-bond donors (Lipinski definition) is 2. The topological polar surface area (TPSA) is 49.3 Å². The number of aryl methyl sites for hydroxylation is 1. The molecule has 0 aliphatic carbocycles. The average Bonchev–Trinajstić information content (AvgIpc) is 2.36. The molecule has 0 atom stereocenters. The Hall–Kier alpha value is -2.50. The number of amides is 1. The molecular weight excluding hydrogens is 271 g/mol. The summed E-state index contributed by atoms with van der Waals surface area (Å²) in [5, 5.41) is 11.5. The second-order valence-corrected chi connectivity index (χ2v) is 4.20. The Morgan fingerprint density at radius 3 is 2.25 bits per heavy atom. The molecule has 3 nitrogen and oxygen atoms in total. The van der Waals surface area contributed by atoms with E-state index >= 15 is 0 Å². The predicted octanol–water partition coefficient (Wildman–Crippen LogP) is 3.37. The molecule has 1 amide bonds. The monoisotopic (exact) mass is 281 g/mol. The normalized spacial score (nSPS) is 10.4. The third kappa shape index (κ3) is 2.74. The highest BCUT2D eigenvalue weighted by Gasteiger charge is 2.16. The lowest BCUT2D eigenvalue weighted by Gasteiger charge is -2.08. The highest BCUT2D eigenvalue weighted by Crippen LogP contribution is 2.22. The zero-order chi connectivity index (χ0) is 14.9. The summed E-state index contributed by atoms with van der Waals surface area (Å²) in [5.41, 5.74) is -0.159. The molecule has 0 radical (unpaired) electrons. The van der Waals surface area contributed by atoms with E-state index in [2.05, 4.69) is 0 Å². The summed E-state index contributed by atoms with van der Waals surface area (Å²) in [5.74, 6) is -4.44. The van der Waals surface area contributed by atoms with E-state index in [1.807, 2.05) is 5.32 Å². The molecule has 0 aliphatic rings. The lowest BCUT2D eigenvalue weighted by Crippen LogP contribution is -2.14. The molecule has 2 aromatic rings. The number of hydrogen-bond acceptors (Lipinski definition) is 2. The fourth-order valence-electron chi connectivity index (χ4n) is 1.60. The number of benzene rings is 2. The van der Waals surface area contributed by atoms with E-state index in [9.17, 15) is 23.1 Å². The van der Waals surface area contributed by atoms with Gasteiger partial charge in [-0.25, -0.2) is 13.2 Å². The first-order chi connectivity index (χ1) is 9.38. The summed E-state index contributed by atoms with van der Waals surface area (Å²) in [6, 6.07) is 4.98. The molecule has 2 N–H and O–H groups in total. The summed E-state index contributed by atoms with van der Waals surface area (Å²) in [7, 11) is 0. The summed E-state index contributed by atoms with van der Waals surface area (Å²) in [6.07, 6.45) is 0. The highest BCUT2D eigenvalue weighted by molar-refractivity contribution is 6.04. The molecule has 0 aromatic heterocycles. The molecule has 0 saturated carbocycles. The maximum Gasteiger partial charge on any atom is 0.255 e. The van der Waals surface area contributed by atoms with Crippen molar-refractivity contribution in [2.45, 2.75) is 6.92 Å². The van der Waals surface area contributed by atoms with Crippen LogP contribution in [0.5, 0.6) is 5.75 Å². The number of rotatable bonds is 2. The molecule has 0 fully saturated rings. The maximum absolute atomic E-state index is 13.4. The minimum Gasteiger partial charge on any atom is -0.508 e. The Kier molecular flexibility index (Phi) is 3.65. The zero-order valence-corrected chi connectivity index (χ0v) is 10.4. The van der Waals surface area contributed by atoms with Crippen LogP contribution in [0.15, 0.2) is 30.3 Å². The fraction of sp³-hybridized carbons (Fsp3) is 0.0714. The summed E-state index contributed by atoms with van der Waals surface area (Å²) < 4.78 is 39.5. The van der Waals surface area contributed by atoms with Gasteiger partial charge in [-0.3, -0.25) is 4.79 Å². The minimum atomic E-state index is -1.22. The van der Waals surface area contributed by atoms with E-state index in [4.69, 9.17) is 0 Å². The Bertz CT molecular complexity index is 663. The van der Waals surface area contributed by atoms with Crippen LogP contribution in [0, 0.1) is 24.4 Å². The van der Waals surface area contributed by atoms with Crippen LogP contribution >= 0.6 is 0 Å². The van der Waals surface area contributed by atoms with Crippen molar-refractivity contribution in [2.24, 2.45) is 0 Å². The lowest BCUT2D eigenvalue weighted by molar-refractivity contribution is 0.102. The quantitative estimate of drug-likeness (QED) is 0.886. The SMILES string of the molecule is Cc1ccc(C(=O)Nc2c(F)cc(F)cc2F)cc1O. The van der Waals surface area contributed by atoms with Crippen molar-refractivity contribution in [3.05, 3.63) is 58.9 Å². The third-order valence-corrected chi connectivity index (χ3v) is 2.72. The minimum absolute atomic E-state index is 0.0243. The van der Waals surface area contributed by atoms with Gasteiger partial charge in [0.2, 0.25) is 0 Å². The van der Waals surface area contributed by atoms with E-state index in [0.717, 1.165) is 0 Å². The van der Waals surface area contributed by atoms with Gasteiger partial charge >= 0.3 is 0 Å². The van der Waals surface area contributed by atoms with Gasteiger partial charge < -0.3 is 10.4 Å². The Balaban J connectivity index is 2.30. The highest BCUT2D eigenvalue weighted by atomic mass is 19.1. The number of carbonyl (C=O) groups is 1. The second kappa shape index (κ2) is 5.24. The number of aromatic hydroxyl groups is 1. The number of anilines is 1. The lowest BCUT2D eigenvalue weighted by atomic mass is 10.1. The predicted molar refractivity (Wildman–Crippen MR) is 67.1 cm³/mol. The van der Waals surface area contributed by atoms with Crippen molar-refractivity contribution in [3.8, 4) is 5.75 Å². The van der Waals surface area contributed by atoms with Gasteiger partial charge in [0.25, 0.3) is 5.91 Å². The van der Waals surface area contributed by atoms with Crippen molar-refractivity contribution in [3.63, 3.8) is 0 Å². The van der Waals surface area contributed by atoms with Gasteiger partial charge in [-0.2, -0.15) is 0 Å². The first kappa shape index (κ1) is 13.9. The number of phenols is 1. The molecule has 2 rings (SSSR count). The molecular formula is C14H10F3NO2. The van der Waals surface area contributed by atoms with Gasteiger partial charge in [-0.05, 0) is 24.6 Å². The van der Waals surface area contributed by atoms with Gasteiger partial charge in [0.05, 0.1) is 0 Å². The van der Waals surface area contributed by atoms with Crippen LogP contribution in [0.4, 0.5) is 18.9 Å². The van der Waals surface area contributed by atoms with E-state index in [0.29, 0.717) is 17.7 Å². The molecule has 0 saturated heterocycles. The molecule has 0 spiro atoms. The van der Waals surface area contributed by atoms with E-state index in [1.165, 1.54) is 18.2 Å². The average molecular weight is 281 g/mol. The van der Waals surface area contributed by atoms with Crippen LogP contribution in [0.3, 0.4) is 0 Å². The largest absolute Gasteiger partial charge is 0.508 e. The van der Waals surface area contributed by atoms with Gasteiger partial charge in [-0.1, -0.05) is 6.07 Å². The van der Waals surface area contributed by atoms with Gasteiger partial charge in [0.15, 0.2) is 11.6 Å². The Labute approximate surface area is 112 Å². The number of halogens is 3. The smallest absolute Gasteiger partial charge is 0.255 e. The van der Waals surface area contributed by atoms with Crippen molar-refractivity contribution >= 4 is 11.6 Å². The van der Waals surface area contributed by atoms with Crippen molar-refractivity contribution in [2.75, 3.05) is 5.32 Å². The molecule has 104 valence electrons. The zero-order valence-electron chi connectivity index (χ0n) is 10.4. The number of nitrogens with one attached hydrogen (secondary N) is 1. The van der Waals surface area contributed by atoms with Gasteiger partial charge in [0.1, 0.15) is 17.3 Å². The standard InChI is InChI=1S/C14H10F3NO2/c1-7-2-3-8(4-12(7)19)14(20)18-13-10(16)5-9(15)6-11(13)17/h2-6,19H,1H3,(H,18,20). The molecule has 6 heteroatoms. The second-order valence-electron chi connectivity index (χ2n) is 4.20. The van der Waals surface area contributed by atoms with Crippen LogP contribution in [-0.4, -0.2) is 11.0 Å². The fourth-order valence-corrected chi connectivity index (χ4v) is 1.60. The van der Waals surface area contributed by atoms with E-state index in [-0.39, 0.29) is 11.3 Å². The number of phenolic OH excluding ortho intramolecular Hbond substituents is 1. The molecule has 0 aliphatic heterocycles. The summed E-state index contributed by atoms with van der Waals surface area (Å²) in [4.78, 5) is 11.8. The molecule has 0 bridgehead atoms. The Morgan fingerprint density at radius 2 is 1.70 bits per heavy atom. The van der Waals surface area contributed by atoms with Crippen molar-refractivity contribution in [1.82, 2.24) is 0 Å². The van der Waals surface area contributed by atoms with Crippen LogP contribution in [0.2, 0.25) is 0 Å². The summed E-state index contributed by atoms with van der Waals surface area (Å²) in [6.45, 7) is 1.64. The Morgan fingerprint density at radius 1 is 1.10 bits per heavy atom. The molecule has 0 heterocycles. The number of carbonyl (C=O) groups excluding carboxylic acids is 1. The molecule has 0 unspecified atom stereocenters. The van der Waals surface area contributed by atoms with Crippen LogP contribution in [0.1, 0.15) is 15.9 Å². The molecule has 2 aromatic carbocycles. The third-order valence-electron chi connectivity index (χ3n) is 2.72. The van der Waals surface area contributed by atoms with Crippen LogP contribution in [-0.2, 0) is 0 Å². The van der Waals surface area contributed by atoms with Crippen LogP contribution in [0.25, 0.3) is 0 Å². The summed E-state index contributed by atoms with van der Waals surface area (Å²) >= 11 is 0. The van der Waals surface area contributed by atoms with Crippen LogP contribution < -0.4 is 5.32 Å². The van der Waals surface area contributed by atoms with E-state index in [1.54, 1.807) is 6.92 Å². The molecule has 20 heavy (non-hydrogen) atoms. The maximum atomic E-state index is 13.4. The van der Waals surface area contributed by atoms with Gasteiger partial charge in [-0.15, -0.1) is 0 Å². The van der Waals surface area contributed by atoms with Crippen molar-refractivity contribution in [1.29, 1.82) is 0 Å². The van der Waals surface area contributed by atoms with E-state index < -0.39 is 29.0 Å². The van der Waals surface area contributed by atoms with Gasteiger partial charge in [0, 0.05) is 17.7 Å². The van der Waals surface area contributed by atoms with Crippen molar-refractivity contribution < 1.29 is 23.1 Å².